The predicted octanol–water partition coefficient (Wildman–Crippen LogP) is 2.76. The number of benzene rings is 2. The molecular weight excluding hydrogens is 256 g/mol. The maximum absolute atomic E-state index is 11.2. The minimum atomic E-state index is -0.497. The van der Waals surface area contributed by atoms with E-state index < -0.39 is 5.97 Å². The minimum absolute atomic E-state index is 0.107. The zero-order valence-electron chi connectivity index (χ0n) is 10.9. The van der Waals surface area contributed by atoms with Gasteiger partial charge in [-0.15, -0.1) is 0 Å². The third kappa shape index (κ3) is 3.03. The lowest BCUT2D eigenvalue weighted by Gasteiger charge is -2.10. The molecule has 4 nitrogen and oxygen atoms in total. The van der Waals surface area contributed by atoms with Crippen LogP contribution in [0.3, 0.4) is 0 Å². The van der Waals surface area contributed by atoms with E-state index in [1.54, 1.807) is 6.07 Å². The third-order valence-corrected chi connectivity index (χ3v) is 2.80. The Balaban J connectivity index is 2.12. The van der Waals surface area contributed by atoms with Gasteiger partial charge < -0.3 is 9.47 Å². The summed E-state index contributed by atoms with van der Waals surface area (Å²) < 4.78 is 10.3. The summed E-state index contributed by atoms with van der Waals surface area (Å²) in [4.78, 5) is 22.1. The first-order valence-corrected chi connectivity index (χ1v) is 6.15. The van der Waals surface area contributed by atoms with E-state index in [1.807, 2.05) is 30.3 Å². The van der Waals surface area contributed by atoms with Crippen LogP contribution < -0.4 is 4.74 Å². The Kier molecular flexibility index (Phi) is 4.50. The van der Waals surface area contributed by atoms with Crippen LogP contribution in [0.25, 0.3) is 10.8 Å². The average molecular weight is 270 g/mol. The van der Waals surface area contributed by atoms with Crippen LogP contribution in [-0.4, -0.2) is 25.5 Å². The number of fused-ring (bicyclic) bond motifs is 1. The van der Waals surface area contributed by atoms with Gasteiger partial charge in [-0.25, -0.2) is 4.79 Å². The maximum Gasteiger partial charge on any atom is 0.330 e. The normalized spacial score (nSPS) is 10.0. The van der Waals surface area contributed by atoms with Crippen LogP contribution in [0.5, 0.6) is 5.75 Å². The van der Waals surface area contributed by atoms with Crippen molar-refractivity contribution in [3.05, 3.63) is 54.6 Å². The second-order valence-electron chi connectivity index (χ2n) is 4.04. The van der Waals surface area contributed by atoms with Crippen LogP contribution in [0.15, 0.2) is 49.1 Å². The molecule has 0 saturated carbocycles. The third-order valence-electron chi connectivity index (χ3n) is 2.80. The van der Waals surface area contributed by atoms with Crippen LogP contribution in [0.4, 0.5) is 0 Å². The molecule has 2 aromatic carbocycles. The SMILES string of the molecule is C=CC(=O)OCCOc1ccc2ccccc2c1C=O. The number of rotatable bonds is 6. The van der Waals surface area contributed by atoms with E-state index >= 15 is 0 Å². The summed E-state index contributed by atoms with van der Waals surface area (Å²) in [5.74, 6) is -0.0175. The lowest BCUT2D eigenvalue weighted by molar-refractivity contribution is -0.138. The standard InChI is InChI=1S/C16H14O4/c1-2-16(18)20-10-9-19-15-8-7-12-5-3-4-6-13(12)14(15)11-17/h2-8,11H,1,9-10H2. The first-order chi connectivity index (χ1) is 9.76. The van der Waals surface area contributed by atoms with Gasteiger partial charge in [-0.1, -0.05) is 36.9 Å². The Morgan fingerprint density at radius 3 is 2.70 bits per heavy atom. The van der Waals surface area contributed by atoms with Crippen molar-refractivity contribution in [1.82, 2.24) is 0 Å². The molecule has 0 heterocycles. The molecule has 0 amide bonds. The van der Waals surface area contributed by atoms with Gasteiger partial charge in [0, 0.05) is 6.08 Å². The molecule has 0 aliphatic rings. The smallest absolute Gasteiger partial charge is 0.330 e. The molecule has 0 aliphatic heterocycles. The van der Waals surface area contributed by atoms with E-state index in [0.717, 1.165) is 23.1 Å². The number of aldehydes is 1. The predicted molar refractivity (Wildman–Crippen MR) is 76.0 cm³/mol. The molecule has 4 heteroatoms. The summed E-state index contributed by atoms with van der Waals surface area (Å²) in [6.45, 7) is 3.58. The van der Waals surface area contributed by atoms with Crippen molar-refractivity contribution in [1.29, 1.82) is 0 Å². The van der Waals surface area contributed by atoms with Crippen molar-refractivity contribution in [2.75, 3.05) is 13.2 Å². The Labute approximate surface area is 116 Å². The number of carbonyl (C=O) groups excluding carboxylic acids is 2. The molecule has 0 radical (unpaired) electrons. The highest BCUT2D eigenvalue weighted by atomic mass is 16.6. The summed E-state index contributed by atoms with van der Waals surface area (Å²) in [5, 5.41) is 1.81. The van der Waals surface area contributed by atoms with E-state index in [0.29, 0.717) is 11.3 Å². The second kappa shape index (κ2) is 6.52. The van der Waals surface area contributed by atoms with Gasteiger partial charge in [0.05, 0.1) is 5.56 Å². The summed E-state index contributed by atoms with van der Waals surface area (Å²) >= 11 is 0. The zero-order chi connectivity index (χ0) is 14.4. The molecule has 0 saturated heterocycles. The summed E-state index contributed by atoms with van der Waals surface area (Å²) in [6, 6.07) is 11.2. The van der Waals surface area contributed by atoms with Crippen molar-refractivity contribution in [2.24, 2.45) is 0 Å². The van der Waals surface area contributed by atoms with Crippen molar-refractivity contribution < 1.29 is 19.1 Å². The molecule has 2 rings (SSSR count). The fourth-order valence-electron chi connectivity index (χ4n) is 1.88. The number of esters is 1. The minimum Gasteiger partial charge on any atom is -0.489 e. The molecule has 0 aromatic heterocycles. The lowest BCUT2D eigenvalue weighted by Crippen LogP contribution is -2.11. The van der Waals surface area contributed by atoms with E-state index in [-0.39, 0.29) is 13.2 Å². The van der Waals surface area contributed by atoms with Gasteiger partial charge in [0.15, 0.2) is 6.29 Å². The van der Waals surface area contributed by atoms with Crippen LogP contribution in [-0.2, 0) is 9.53 Å². The fraction of sp³-hybridized carbons (Fsp3) is 0.125. The zero-order valence-corrected chi connectivity index (χ0v) is 10.9. The molecule has 20 heavy (non-hydrogen) atoms. The molecule has 0 N–H and O–H groups in total. The Hall–Kier alpha value is -2.62. The molecule has 0 fully saturated rings. The number of hydrogen-bond donors (Lipinski definition) is 0. The number of carbonyl (C=O) groups is 2. The van der Waals surface area contributed by atoms with Crippen molar-refractivity contribution in [3.8, 4) is 5.75 Å². The first-order valence-electron chi connectivity index (χ1n) is 6.15. The highest BCUT2D eigenvalue weighted by Gasteiger charge is 2.08. The molecule has 0 unspecified atom stereocenters. The van der Waals surface area contributed by atoms with E-state index in [1.165, 1.54) is 0 Å². The average Bonchev–Trinajstić information content (AvgIpc) is 2.50. The Morgan fingerprint density at radius 2 is 1.95 bits per heavy atom. The summed E-state index contributed by atoms with van der Waals surface area (Å²) in [6.07, 6.45) is 1.86. The van der Waals surface area contributed by atoms with Crippen LogP contribution in [0.2, 0.25) is 0 Å². The first kappa shape index (κ1) is 13.8. The largest absolute Gasteiger partial charge is 0.489 e. The molecule has 0 bridgehead atoms. The lowest BCUT2D eigenvalue weighted by atomic mass is 10.0. The topological polar surface area (TPSA) is 52.6 Å². The van der Waals surface area contributed by atoms with E-state index in [9.17, 15) is 9.59 Å². The molecular formula is C16H14O4. The molecule has 0 aliphatic carbocycles. The molecule has 2 aromatic rings. The van der Waals surface area contributed by atoms with Gasteiger partial charge >= 0.3 is 5.97 Å². The van der Waals surface area contributed by atoms with Gasteiger partial charge in [0.2, 0.25) is 0 Å². The van der Waals surface area contributed by atoms with E-state index in [2.05, 4.69) is 6.58 Å². The highest BCUT2D eigenvalue weighted by Crippen LogP contribution is 2.26. The monoisotopic (exact) mass is 270 g/mol. The van der Waals surface area contributed by atoms with Gasteiger partial charge in [-0.05, 0) is 16.8 Å². The van der Waals surface area contributed by atoms with Gasteiger partial charge in [0.25, 0.3) is 0 Å². The number of ether oxygens (including phenoxy) is 2. The fourth-order valence-corrected chi connectivity index (χ4v) is 1.88. The van der Waals surface area contributed by atoms with Gasteiger partial charge in [-0.3, -0.25) is 4.79 Å². The molecule has 102 valence electrons. The van der Waals surface area contributed by atoms with Crippen molar-refractivity contribution in [2.45, 2.75) is 0 Å². The Morgan fingerprint density at radius 1 is 1.15 bits per heavy atom. The van der Waals surface area contributed by atoms with Crippen LogP contribution >= 0.6 is 0 Å². The summed E-state index contributed by atoms with van der Waals surface area (Å²) in [5.41, 5.74) is 0.498. The van der Waals surface area contributed by atoms with Crippen molar-refractivity contribution >= 4 is 23.0 Å². The summed E-state index contributed by atoms with van der Waals surface area (Å²) in [7, 11) is 0. The van der Waals surface area contributed by atoms with Crippen LogP contribution in [0, 0.1) is 0 Å². The Bertz CT molecular complexity index is 646. The number of hydrogen-bond acceptors (Lipinski definition) is 4. The van der Waals surface area contributed by atoms with Crippen LogP contribution in [0.1, 0.15) is 10.4 Å². The van der Waals surface area contributed by atoms with E-state index in [4.69, 9.17) is 9.47 Å². The molecule has 0 atom stereocenters. The van der Waals surface area contributed by atoms with Gasteiger partial charge in [0.1, 0.15) is 19.0 Å². The molecule has 0 spiro atoms. The van der Waals surface area contributed by atoms with Gasteiger partial charge in [-0.2, -0.15) is 0 Å². The second-order valence-corrected chi connectivity index (χ2v) is 4.04. The highest BCUT2D eigenvalue weighted by molar-refractivity contribution is 6.00. The maximum atomic E-state index is 11.2. The quantitative estimate of drug-likeness (QED) is 0.350. The van der Waals surface area contributed by atoms with Crippen molar-refractivity contribution in [3.63, 3.8) is 0 Å².